The Morgan fingerprint density at radius 3 is 2.10 bits per heavy atom. The molecule has 102 valence electrons. The number of carbonyl (C=O) groups is 1. The minimum atomic E-state index is -0.194. The first kappa shape index (κ1) is 14.5. The van der Waals surface area contributed by atoms with Crippen LogP contribution in [0.1, 0.15) is 18.1 Å². The van der Waals surface area contributed by atoms with Crippen LogP contribution in [-0.2, 0) is 4.79 Å². The van der Waals surface area contributed by atoms with E-state index >= 15 is 0 Å². The third-order valence-corrected chi connectivity index (χ3v) is 3.22. The number of hydrogen-bond acceptors (Lipinski definition) is 1. The summed E-state index contributed by atoms with van der Waals surface area (Å²) in [6.45, 7) is 1.80. The van der Waals surface area contributed by atoms with E-state index in [1.165, 1.54) is 0 Å². The first-order valence-corrected chi connectivity index (χ1v) is 7.35. The number of amides is 1. The van der Waals surface area contributed by atoms with Crippen LogP contribution < -0.4 is 5.32 Å². The average molecular weight is 330 g/mol. The number of nitrogens with one attached hydrogen (secondary N) is 1. The second kappa shape index (κ2) is 7.06. The molecule has 2 aromatic rings. The maximum absolute atomic E-state index is 11.5. The SMILES string of the molecule is C[C@H](Br)C(=O)Nc1ccc(/C=C/c2ccccc2)cc1. The number of alkyl halides is 1. The minimum absolute atomic E-state index is 0.0439. The molecule has 0 heterocycles. The highest BCUT2D eigenvalue weighted by atomic mass is 79.9. The van der Waals surface area contributed by atoms with Crippen molar-refractivity contribution in [3.05, 3.63) is 65.7 Å². The molecule has 0 saturated carbocycles. The fourth-order valence-electron chi connectivity index (χ4n) is 1.68. The molecule has 3 heteroatoms. The van der Waals surface area contributed by atoms with Gasteiger partial charge in [-0.05, 0) is 30.2 Å². The summed E-state index contributed by atoms with van der Waals surface area (Å²) in [5.74, 6) is -0.0439. The summed E-state index contributed by atoms with van der Waals surface area (Å²) < 4.78 is 0. The van der Waals surface area contributed by atoms with Gasteiger partial charge < -0.3 is 5.32 Å². The molecule has 2 aromatic carbocycles. The number of anilines is 1. The summed E-state index contributed by atoms with van der Waals surface area (Å²) >= 11 is 3.24. The topological polar surface area (TPSA) is 29.1 Å². The number of rotatable bonds is 4. The Bertz CT molecular complexity index is 588. The third kappa shape index (κ3) is 4.35. The molecular formula is C17H16BrNO. The highest BCUT2D eigenvalue weighted by molar-refractivity contribution is 9.10. The lowest BCUT2D eigenvalue weighted by Crippen LogP contribution is -2.19. The molecule has 2 nitrogen and oxygen atoms in total. The van der Waals surface area contributed by atoms with E-state index in [0.29, 0.717) is 0 Å². The van der Waals surface area contributed by atoms with Gasteiger partial charge in [-0.1, -0.05) is 70.5 Å². The molecule has 2 rings (SSSR count). The van der Waals surface area contributed by atoms with Gasteiger partial charge in [0.2, 0.25) is 5.91 Å². The Labute approximate surface area is 127 Å². The van der Waals surface area contributed by atoms with E-state index in [0.717, 1.165) is 16.8 Å². The van der Waals surface area contributed by atoms with E-state index < -0.39 is 0 Å². The fraction of sp³-hybridized carbons (Fsp3) is 0.118. The molecule has 0 bridgehead atoms. The van der Waals surface area contributed by atoms with Crippen molar-refractivity contribution in [1.82, 2.24) is 0 Å². The van der Waals surface area contributed by atoms with E-state index in [-0.39, 0.29) is 10.7 Å². The number of benzene rings is 2. The zero-order valence-corrected chi connectivity index (χ0v) is 12.8. The Hall–Kier alpha value is -1.87. The van der Waals surface area contributed by atoms with E-state index in [4.69, 9.17) is 0 Å². The molecule has 0 aliphatic rings. The summed E-state index contributed by atoms with van der Waals surface area (Å²) in [6.07, 6.45) is 4.11. The molecule has 1 amide bonds. The van der Waals surface area contributed by atoms with Crippen LogP contribution >= 0.6 is 15.9 Å². The van der Waals surface area contributed by atoms with Gasteiger partial charge in [-0.15, -0.1) is 0 Å². The quantitative estimate of drug-likeness (QED) is 0.645. The molecule has 0 spiro atoms. The monoisotopic (exact) mass is 329 g/mol. The van der Waals surface area contributed by atoms with Crippen molar-refractivity contribution in [2.45, 2.75) is 11.8 Å². The van der Waals surface area contributed by atoms with E-state index in [1.54, 1.807) is 6.92 Å². The lowest BCUT2D eigenvalue weighted by Gasteiger charge is -2.06. The average Bonchev–Trinajstić information content (AvgIpc) is 2.47. The van der Waals surface area contributed by atoms with Crippen molar-refractivity contribution in [3.63, 3.8) is 0 Å². The molecule has 1 N–H and O–H groups in total. The maximum atomic E-state index is 11.5. The molecule has 0 unspecified atom stereocenters. The summed E-state index contributed by atoms with van der Waals surface area (Å²) in [5.41, 5.74) is 3.06. The third-order valence-electron chi connectivity index (χ3n) is 2.81. The Kier molecular flexibility index (Phi) is 5.13. The van der Waals surface area contributed by atoms with Crippen LogP contribution in [0.2, 0.25) is 0 Å². The Morgan fingerprint density at radius 2 is 1.55 bits per heavy atom. The van der Waals surface area contributed by atoms with Crippen LogP contribution in [0, 0.1) is 0 Å². The van der Waals surface area contributed by atoms with Gasteiger partial charge in [0.25, 0.3) is 0 Å². The molecule has 0 aliphatic heterocycles. The molecule has 0 aliphatic carbocycles. The first-order valence-electron chi connectivity index (χ1n) is 6.43. The Morgan fingerprint density at radius 1 is 1.00 bits per heavy atom. The van der Waals surface area contributed by atoms with E-state index in [2.05, 4.69) is 39.5 Å². The second-order valence-corrected chi connectivity index (χ2v) is 5.84. The smallest absolute Gasteiger partial charge is 0.237 e. The highest BCUT2D eigenvalue weighted by Crippen LogP contribution is 2.13. The number of halogens is 1. The van der Waals surface area contributed by atoms with Crippen molar-refractivity contribution in [1.29, 1.82) is 0 Å². The van der Waals surface area contributed by atoms with Crippen molar-refractivity contribution in [2.24, 2.45) is 0 Å². The maximum Gasteiger partial charge on any atom is 0.237 e. The van der Waals surface area contributed by atoms with Crippen molar-refractivity contribution in [2.75, 3.05) is 5.32 Å². The Balaban J connectivity index is 2.02. The fourth-order valence-corrected chi connectivity index (χ4v) is 1.79. The van der Waals surface area contributed by atoms with Gasteiger partial charge in [0, 0.05) is 5.69 Å². The standard InChI is InChI=1S/C17H16BrNO/c1-13(18)17(20)19-16-11-9-15(10-12-16)8-7-14-5-3-2-4-6-14/h2-13H,1H3,(H,19,20)/b8-7+/t13-/m0/s1. The lowest BCUT2D eigenvalue weighted by atomic mass is 10.1. The lowest BCUT2D eigenvalue weighted by molar-refractivity contribution is -0.115. The minimum Gasteiger partial charge on any atom is -0.325 e. The van der Waals surface area contributed by atoms with Gasteiger partial charge in [-0.2, -0.15) is 0 Å². The van der Waals surface area contributed by atoms with Gasteiger partial charge in [0.15, 0.2) is 0 Å². The predicted octanol–water partition coefficient (Wildman–Crippen LogP) is 4.58. The van der Waals surface area contributed by atoms with Crippen molar-refractivity contribution < 1.29 is 4.79 Å². The molecule has 0 fully saturated rings. The van der Waals surface area contributed by atoms with Gasteiger partial charge >= 0.3 is 0 Å². The molecule has 0 aromatic heterocycles. The second-order valence-electron chi connectivity index (χ2n) is 4.47. The largest absolute Gasteiger partial charge is 0.325 e. The summed E-state index contributed by atoms with van der Waals surface area (Å²) in [4.78, 5) is 11.3. The number of carbonyl (C=O) groups excluding carboxylic acids is 1. The zero-order valence-electron chi connectivity index (χ0n) is 11.2. The van der Waals surface area contributed by atoms with Crippen LogP contribution in [0.3, 0.4) is 0 Å². The summed E-state index contributed by atoms with van der Waals surface area (Å²) in [7, 11) is 0. The van der Waals surface area contributed by atoms with Gasteiger partial charge in [-0.25, -0.2) is 0 Å². The van der Waals surface area contributed by atoms with Crippen molar-refractivity contribution in [3.8, 4) is 0 Å². The van der Waals surface area contributed by atoms with Crippen LogP contribution in [0.25, 0.3) is 12.2 Å². The summed E-state index contributed by atoms with van der Waals surface area (Å²) in [6, 6.07) is 17.9. The van der Waals surface area contributed by atoms with Crippen LogP contribution in [0.4, 0.5) is 5.69 Å². The van der Waals surface area contributed by atoms with Gasteiger partial charge in [0.1, 0.15) is 0 Å². The normalized spacial score (nSPS) is 12.3. The molecule has 0 saturated heterocycles. The van der Waals surface area contributed by atoms with Gasteiger partial charge in [0.05, 0.1) is 4.83 Å². The predicted molar refractivity (Wildman–Crippen MR) is 88.8 cm³/mol. The highest BCUT2D eigenvalue weighted by Gasteiger charge is 2.07. The first-order chi connectivity index (χ1) is 9.65. The summed E-state index contributed by atoms with van der Waals surface area (Å²) in [5, 5.41) is 2.83. The number of hydrogen-bond donors (Lipinski definition) is 1. The van der Waals surface area contributed by atoms with Crippen molar-refractivity contribution >= 4 is 39.7 Å². The van der Waals surface area contributed by atoms with E-state index in [1.807, 2.05) is 48.5 Å². The zero-order chi connectivity index (χ0) is 14.4. The molecule has 0 radical (unpaired) electrons. The molecular weight excluding hydrogens is 314 g/mol. The van der Waals surface area contributed by atoms with Gasteiger partial charge in [-0.3, -0.25) is 4.79 Å². The van der Waals surface area contributed by atoms with Crippen LogP contribution in [0.5, 0.6) is 0 Å². The van der Waals surface area contributed by atoms with Crippen LogP contribution in [0.15, 0.2) is 54.6 Å². The van der Waals surface area contributed by atoms with E-state index in [9.17, 15) is 4.79 Å². The molecule has 20 heavy (non-hydrogen) atoms. The van der Waals surface area contributed by atoms with Crippen LogP contribution in [-0.4, -0.2) is 10.7 Å². The molecule has 1 atom stereocenters.